The van der Waals surface area contributed by atoms with Gasteiger partial charge in [0.25, 0.3) is 0 Å². The van der Waals surface area contributed by atoms with E-state index < -0.39 is 12.1 Å². The highest BCUT2D eigenvalue weighted by Crippen LogP contribution is 2.29. The van der Waals surface area contributed by atoms with Crippen LogP contribution in [0.4, 0.5) is 24.5 Å². The molecule has 30 heavy (non-hydrogen) atoms. The molecule has 158 valence electrons. The first-order valence-electron chi connectivity index (χ1n) is 8.87. The lowest BCUT2D eigenvalue weighted by molar-refractivity contribution is -0.192. The van der Waals surface area contributed by atoms with Gasteiger partial charge >= 0.3 is 12.1 Å². The molecule has 0 spiro atoms. The summed E-state index contributed by atoms with van der Waals surface area (Å²) in [6.45, 7) is 3.26. The summed E-state index contributed by atoms with van der Waals surface area (Å²) in [5.41, 5.74) is 5.34. The van der Waals surface area contributed by atoms with Gasteiger partial charge in [-0.05, 0) is 35.7 Å². The molecule has 0 aliphatic carbocycles. The van der Waals surface area contributed by atoms with Gasteiger partial charge in [0.2, 0.25) is 5.91 Å². The second-order valence-corrected chi connectivity index (χ2v) is 6.60. The van der Waals surface area contributed by atoms with Crippen molar-refractivity contribution in [1.29, 1.82) is 0 Å². The van der Waals surface area contributed by atoms with Crippen molar-refractivity contribution in [3.63, 3.8) is 0 Å². The van der Waals surface area contributed by atoms with Gasteiger partial charge in [0, 0.05) is 43.0 Å². The van der Waals surface area contributed by atoms with E-state index in [1.54, 1.807) is 0 Å². The monoisotopic (exact) mass is 421 g/mol. The molecule has 0 radical (unpaired) electrons. The molecule has 11 heteroatoms. The smallest absolute Gasteiger partial charge is 0.475 e. The van der Waals surface area contributed by atoms with E-state index >= 15 is 0 Å². The van der Waals surface area contributed by atoms with Crippen LogP contribution in [0, 0.1) is 0 Å². The second kappa shape index (κ2) is 8.39. The Bertz CT molecular complexity index is 1080. The number of H-pyrrole nitrogens is 1. The first-order valence-corrected chi connectivity index (χ1v) is 8.87. The molecule has 1 aliphatic heterocycles. The van der Waals surface area contributed by atoms with Crippen LogP contribution >= 0.6 is 0 Å². The predicted octanol–water partition coefficient (Wildman–Crippen LogP) is 3.11. The maximum atomic E-state index is 11.2. The number of amides is 1. The zero-order valence-corrected chi connectivity index (χ0v) is 15.8. The normalized spacial score (nSPS) is 13.3. The summed E-state index contributed by atoms with van der Waals surface area (Å²) in [5.74, 6) is -2.81. The number of aromatic amines is 1. The molecule has 1 aliphatic rings. The number of nitrogens with one attached hydrogen (secondary N) is 2. The van der Waals surface area contributed by atoms with Crippen LogP contribution in [0.1, 0.15) is 18.1 Å². The summed E-state index contributed by atoms with van der Waals surface area (Å²) < 4.78 is 31.7. The lowest BCUT2D eigenvalue weighted by Gasteiger charge is -2.31. The highest BCUT2D eigenvalue weighted by Gasteiger charge is 2.38. The van der Waals surface area contributed by atoms with Crippen molar-refractivity contribution in [2.24, 2.45) is 0 Å². The number of halogens is 3. The molecule has 0 fully saturated rings. The number of carboxylic acids is 1. The predicted molar refractivity (Wildman–Crippen MR) is 103 cm³/mol. The van der Waals surface area contributed by atoms with E-state index in [0.29, 0.717) is 0 Å². The third-order valence-electron chi connectivity index (χ3n) is 4.45. The van der Waals surface area contributed by atoms with E-state index in [4.69, 9.17) is 9.90 Å². The van der Waals surface area contributed by atoms with E-state index in [9.17, 15) is 18.0 Å². The topological polar surface area (TPSA) is 111 Å². The molecule has 0 bridgehead atoms. The third kappa shape index (κ3) is 4.85. The Kier molecular flexibility index (Phi) is 5.90. The molecule has 4 rings (SSSR count). The number of aliphatic carboxylic acids is 1. The fourth-order valence-electron chi connectivity index (χ4n) is 3.16. The lowest BCUT2D eigenvalue weighted by atomic mass is 9.99. The van der Waals surface area contributed by atoms with Gasteiger partial charge < -0.3 is 15.3 Å². The Balaban J connectivity index is 0.000000318. The van der Waals surface area contributed by atoms with E-state index in [2.05, 4.69) is 31.5 Å². The molecule has 3 N–H and O–H groups in total. The van der Waals surface area contributed by atoms with E-state index in [1.807, 2.05) is 30.6 Å². The molecule has 0 atom stereocenters. The number of carbonyl (C=O) groups is 2. The fourth-order valence-corrected chi connectivity index (χ4v) is 3.16. The number of alkyl halides is 3. The van der Waals surface area contributed by atoms with Crippen LogP contribution in [0.2, 0.25) is 0 Å². The quantitative estimate of drug-likeness (QED) is 0.586. The van der Waals surface area contributed by atoms with E-state index in [-0.39, 0.29) is 5.91 Å². The Morgan fingerprint density at radius 1 is 1.27 bits per heavy atom. The molecule has 1 aromatic carbocycles. The molecule has 8 nitrogen and oxygen atoms in total. The number of anilines is 2. The number of nitrogens with zero attached hydrogens (tertiary/aromatic N) is 3. The van der Waals surface area contributed by atoms with Gasteiger partial charge in [-0.1, -0.05) is 6.07 Å². The molecular formula is C19H18F3N5O3. The summed E-state index contributed by atoms with van der Waals surface area (Å²) in [6.07, 6.45) is -0.341. The number of carboxylic acid groups (broad SMARTS) is 1. The van der Waals surface area contributed by atoms with Crippen molar-refractivity contribution < 1.29 is 27.9 Å². The minimum Gasteiger partial charge on any atom is -0.475 e. The number of benzene rings is 1. The summed E-state index contributed by atoms with van der Waals surface area (Å²) in [6, 6.07) is 7.95. The molecule has 3 aromatic rings. The molecule has 1 amide bonds. The van der Waals surface area contributed by atoms with Crippen LogP contribution in [0.3, 0.4) is 0 Å². The van der Waals surface area contributed by atoms with Crippen LogP contribution in [0.15, 0.2) is 36.7 Å². The number of hydrogen-bond donors (Lipinski definition) is 3. The van der Waals surface area contributed by atoms with E-state index in [1.165, 1.54) is 18.1 Å². The van der Waals surface area contributed by atoms with Crippen LogP contribution in [0.25, 0.3) is 11.0 Å². The summed E-state index contributed by atoms with van der Waals surface area (Å²) in [5, 5.41) is 18.1. The standard InChI is InChI=1S/C17H17N5O.C2HF3O2/c1-11(23)20-13-3-2-4-14(7-13)22-6-5-15-12(10-22)8-18-17-16(15)9-19-21-17;3-2(4,5)1(6)7/h2-4,7-9H,5-6,10H2,1H3,(H,20,23)(H,18,19,21);(H,6,7). The van der Waals surface area contributed by atoms with Crippen molar-refractivity contribution in [1.82, 2.24) is 15.2 Å². The molecule has 2 aromatic heterocycles. The minimum atomic E-state index is -5.08. The van der Waals surface area contributed by atoms with Crippen LogP contribution in [0.5, 0.6) is 0 Å². The number of rotatable bonds is 2. The lowest BCUT2D eigenvalue weighted by Crippen LogP contribution is -2.30. The zero-order chi connectivity index (χ0) is 21.9. The van der Waals surface area contributed by atoms with Gasteiger partial charge in [0.1, 0.15) is 0 Å². The maximum absolute atomic E-state index is 11.2. The molecular weight excluding hydrogens is 403 g/mol. The third-order valence-corrected chi connectivity index (χ3v) is 4.45. The maximum Gasteiger partial charge on any atom is 0.490 e. The highest BCUT2D eigenvalue weighted by molar-refractivity contribution is 5.89. The van der Waals surface area contributed by atoms with Gasteiger partial charge in [-0.3, -0.25) is 9.89 Å². The van der Waals surface area contributed by atoms with Crippen molar-refractivity contribution >= 4 is 34.3 Å². The van der Waals surface area contributed by atoms with E-state index in [0.717, 1.165) is 41.9 Å². The number of pyridine rings is 1. The highest BCUT2D eigenvalue weighted by atomic mass is 19.4. The number of fused-ring (bicyclic) bond motifs is 3. The van der Waals surface area contributed by atoms with Gasteiger partial charge in [-0.2, -0.15) is 18.3 Å². The number of carbonyl (C=O) groups excluding carboxylic acids is 1. The van der Waals surface area contributed by atoms with Gasteiger partial charge in [0.05, 0.1) is 6.20 Å². The Morgan fingerprint density at radius 2 is 2.00 bits per heavy atom. The Labute approximate surface area is 168 Å². The van der Waals surface area contributed by atoms with Gasteiger partial charge in [-0.15, -0.1) is 0 Å². The molecule has 0 saturated heterocycles. The fraction of sp³-hybridized carbons (Fsp3) is 0.263. The minimum absolute atomic E-state index is 0.0577. The second-order valence-electron chi connectivity index (χ2n) is 6.60. The van der Waals surface area contributed by atoms with Crippen LogP contribution < -0.4 is 10.2 Å². The Morgan fingerprint density at radius 3 is 2.67 bits per heavy atom. The van der Waals surface area contributed by atoms with Gasteiger partial charge in [-0.25, -0.2) is 9.78 Å². The van der Waals surface area contributed by atoms with Crippen LogP contribution in [-0.4, -0.2) is 44.9 Å². The summed E-state index contributed by atoms with van der Waals surface area (Å²) in [7, 11) is 0. The summed E-state index contributed by atoms with van der Waals surface area (Å²) >= 11 is 0. The molecule has 3 heterocycles. The Hall–Kier alpha value is -3.63. The van der Waals surface area contributed by atoms with Crippen molar-refractivity contribution in [3.8, 4) is 0 Å². The average molecular weight is 421 g/mol. The largest absolute Gasteiger partial charge is 0.490 e. The van der Waals surface area contributed by atoms with Crippen molar-refractivity contribution in [3.05, 3.63) is 47.8 Å². The molecule has 0 unspecified atom stereocenters. The average Bonchev–Trinajstić information content (AvgIpc) is 3.16. The molecule has 0 saturated carbocycles. The number of hydrogen-bond acceptors (Lipinski definition) is 5. The van der Waals surface area contributed by atoms with Crippen LogP contribution in [-0.2, 0) is 22.6 Å². The van der Waals surface area contributed by atoms with Crippen molar-refractivity contribution in [2.75, 3.05) is 16.8 Å². The first kappa shape index (κ1) is 21.1. The zero-order valence-electron chi connectivity index (χ0n) is 15.8. The van der Waals surface area contributed by atoms with Crippen molar-refractivity contribution in [2.45, 2.75) is 26.1 Å². The first-order chi connectivity index (χ1) is 14.1. The summed E-state index contributed by atoms with van der Waals surface area (Å²) in [4.78, 5) is 26.9. The number of aromatic nitrogens is 3. The SMILES string of the molecule is CC(=O)Nc1cccc(N2CCc3c(cnc4[nH]ncc34)C2)c1.O=C(O)C(F)(F)F. The van der Waals surface area contributed by atoms with Gasteiger partial charge in [0.15, 0.2) is 5.65 Å².